The molecule has 2 rings (SSSR count). The van der Waals surface area contributed by atoms with Gasteiger partial charge in [-0.25, -0.2) is 9.97 Å². The summed E-state index contributed by atoms with van der Waals surface area (Å²) in [6.07, 6.45) is 1.18. The van der Waals surface area contributed by atoms with Gasteiger partial charge in [0.15, 0.2) is 5.82 Å². The minimum atomic E-state index is -0.512. The predicted molar refractivity (Wildman–Crippen MR) is 60.7 cm³/mol. The van der Waals surface area contributed by atoms with E-state index in [2.05, 4.69) is 9.97 Å². The third kappa shape index (κ3) is 2.06. The van der Waals surface area contributed by atoms with Crippen LogP contribution in [0.3, 0.4) is 0 Å². The van der Waals surface area contributed by atoms with Crippen LogP contribution < -0.4 is 0 Å². The van der Waals surface area contributed by atoms with E-state index in [1.54, 1.807) is 24.5 Å². The van der Waals surface area contributed by atoms with Crippen LogP contribution in [0.25, 0.3) is 11.4 Å². The van der Waals surface area contributed by atoms with E-state index in [0.717, 1.165) is 22.6 Å². The fraction of sp³-hybridized carbons (Fsp3) is 0.273. The maximum absolute atomic E-state index is 9.45. The van der Waals surface area contributed by atoms with E-state index in [1.165, 1.54) is 0 Å². The van der Waals surface area contributed by atoms with Gasteiger partial charge >= 0.3 is 0 Å². The summed E-state index contributed by atoms with van der Waals surface area (Å²) in [5, 5.41) is 13.5. The number of aliphatic hydroxyl groups is 1. The van der Waals surface area contributed by atoms with E-state index >= 15 is 0 Å². The Balaban J connectivity index is 2.42. The van der Waals surface area contributed by atoms with Gasteiger partial charge in [-0.1, -0.05) is 0 Å². The molecule has 0 bridgehead atoms. The van der Waals surface area contributed by atoms with Gasteiger partial charge in [0.1, 0.15) is 0 Å². The second-order valence-corrected chi connectivity index (χ2v) is 4.20. The molecule has 0 aromatic carbocycles. The Morgan fingerprint density at radius 3 is 2.80 bits per heavy atom. The molecule has 1 N–H and O–H groups in total. The van der Waals surface area contributed by atoms with Gasteiger partial charge in [-0.2, -0.15) is 11.3 Å². The average molecular weight is 220 g/mol. The van der Waals surface area contributed by atoms with Crippen LogP contribution in [0, 0.1) is 6.92 Å². The maximum atomic E-state index is 9.45. The largest absolute Gasteiger partial charge is 0.389 e. The average Bonchev–Trinajstić information content (AvgIpc) is 2.69. The summed E-state index contributed by atoms with van der Waals surface area (Å²) >= 11 is 1.62. The molecule has 2 aromatic rings. The summed E-state index contributed by atoms with van der Waals surface area (Å²) in [5.74, 6) is 0.721. The molecule has 0 saturated heterocycles. The Hall–Kier alpha value is -1.26. The van der Waals surface area contributed by atoms with E-state index in [9.17, 15) is 5.11 Å². The molecule has 4 heteroatoms. The smallest absolute Gasteiger partial charge is 0.160 e. The first-order valence-corrected chi connectivity index (χ1v) is 5.67. The number of nitrogens with zero attached hydrogens (tertiary/aromatic N) is 2. The SMILES string of the molecule is Cc1nc(-c2ccsc2)ncc1[C@@H](C)O. The minimum Gasteiger partial charge on any atom is -0.389 e. The zero-order chi connectivity index (χ0) is 10.8. The highest BCUT2D eigenvalue weighted by atomic mass is 32.1. The van der Waals surface area contributed by atoms with Gasteiger partial charge in [0, 0.05) is 28.4 Å². The lowest BCUT2D eigenvalue weighted by atomic mass is 10.1. The highest BCUT2D eigenvalue weighted by Gasteiger charge is 2.09. The first kappa shape index (κ1) is 10.3. The van der Waals surface area contributed by atoms with Gasteiger partial charge in [-0.3, -0.25) is 0 Å². The number of thiophene rings is 1. The molecular formula is C11H12N2OS. The van der Waals surface area contributed by atoms with Crippen molar-refractivity contribution >= 4 is 11.3 Å². The first-order chi connectivity index (χ1) is 7.18. The minimum absolute atomic E-state index is 0.512. The molecule has 2 heterocycles. The van der Waals surface area contributed by atoms with Gasteiger partial charge < -0.3 is 5.11 Å². The normalized spacial score (nSPS) is 12.7. The molecule has 78 valence electrons. The molecule has 0 aliphatic rings. The van der Waals surface area contributed by atoms with Gasteiger partial charge in [-0.05, 0) is 25.3 Å². The van der Waals surface area contributed by atoms with Crippen molar-refractivity contribution in [3.8, 4) is 11.4 Å². The topological polar surface area (TPSA) is 46.0 Å². The van der Waals surface area contributed by atoms with Crippen LogP contribution in [-0.2, 0) is 0 Å². The summed E-state index contributed by atoms with van der Waals surface area (Å²) in [5.41, 5.74) is 2.65. The molecule has 0 spiro atoms. The Bertz CT molecular complexity index is 452. The van der Waals surface area contributed by atoms with Crippen LogP contribution in [0.15, 0.2) is 23.0 Å². The van der Waals surface area contributed by atoms with E-state index in [0.29, 0.717) is 0 Å². The summed E-state index contributed by atoms with van der Waals surface area (Å²) in [4.78, 5) is 8.61. The molecule has 2 aromatic heterocycles. The quantitative estimate of drug-likeness (QED) is 0.846. The third-order valence-corrected chi connectivity index (χ3v) is 2.93. The Morgan fingerprint density at radius 1 is 1.47 bits per heavy atom. The Morgan fingerprint density at radius 2 is 2.27 bits per heavy atom. The standard InChI is InChI=1S/C11H12N2OS/c1-7-10(8(2)14)5-12-11(13-7)9-3-4-15-6-9/h3-6,8,14H,1-2H3/t8-/m1/s1. The van der Waals surface area contributed by atoms with Gasteiger partial charge in [-0.15, -0.1) is 0 Å². The summed E-state index contributed by atoms with van der Waals surface area (Å²) < 4.78 is 0. The lowest BCUT2D eigenvalue weighted by molar-refractivity contribution is 0.197. The summed E-state index contributed by atoms with van der Waals surface area (Å²) in [6.45, 7) is 3.61. The number of aromatic nitrogens is 2. The van der Waals surface area contributed by atoms with E-state index in [-0.39, 0.29) is 0 Å². The zero-order valence-corrected chi connectivity index (χ0v) is 9.45. The number of aryl methyl sites for hydroxylation is 1. The van der Waals surface area contributed by atoms with Gasteiger partial charge in [0.05, 0.1) is 6.10 Å². The monoisotopic (exact) mass is 220 g/mol. The molecular weight excluding hydrogens is 208 g/mol. The first-order valence-electron chi connectivity index (χ1n) is 4.72. The lowest BCUT2D eigenvalue weighted by Crippen LogP contribution is -2.00. The number of hydrogen-bond donors (Lipinski definition) is 1. The van der Waals surface area contributed by atoms with Crippen LogP contribution in [0.4, 0.5) is 0 Å². The highest BCUT2D eigenvalue weighted by molar-refractivity contribution is 7.08. The summed E-state index contributed by atoms with van der Waals surface area (Å²) in [7, 11) is 0. The molecule has 3 nitrogen and oxygen atoms in total. The molecule has 0 radical (unpaired) electrons. The zero-order valence-electron chi connectivity index (χ0n) is 8.64. The molecule has 0 fully saturated rings. The van der Waals surface area contributed by atoms with Gasteiger partial charge in [0.25, 0.3) is 0 Å². The van der Waals surface area contributed by atoms with Crippen molar-refractivity contribution < 1.29 is 5.11 Å². The Labute approximate surface area is 92.5 Å². The predicted octanol–water partition coefficient (Wildman–Crippen LogP) is 2.57. The molecule has 1 atom stereocenters. The van der Waals surface area contributed by atoms with Crippen molar-refractivity contribution in [1.29, 1.82) is 0 Å². The highest BCUT2D eigenvalue weighted by Crippen LogP contribution is 2.21. The van der Waals surface area contributed by atoms with Crippen LogP contribution in [-0.4, -0.2) is 15.1 Å². The van der Waals surface area contributed by atoms with E-state index < -0.39 is 6.10 Å². The van der Waals surface area contributed by atoms with Crippen molar-refractivity contribution in [2.45, 2.75) is 20.0 Å². The second-order valence-electron chi connectivity index (χ2n) is 3.42. The second kappa shape index (κ2) is 4.08. The third-order valence-electron chi connectivity index (χ3n) is 2.25. The fourth-order valence-electron chi connectivity index (χ4n) is 1.42. The molecule has 0 saturated carbocycles. The molecule has 0 aliphatic heterocycles. The number of rotatable bonds is 2. The fourth-order valence-corrected chi connectivity index (χ4v) is 2.05. The molecule has 0 unspecified atom stereocenters. The van der Waals surface area contributed by atoms with Crippen molar-refractivity contribution in [2.24, 2.45) is 0 Å². The van der Waals surface area contributed by atoms with Crippen molar-refractivity contribution in [3.05, 3.63) is 34.3 Å². The van der Waals surface area contributed by atoms with Crippen molar-refractivity contribution in [2.75, 3.05) is 0 Å². The maximum Gasteiger partial charge on any atom is 0.160 e. The number of aliphatic hydroxyl groups excluding tert-OH is 1. The summed E-state index contributed by atoms with van der Waals surface area (Å²) in [6, 6.07) is 1.99. The lowest BCUT2D eigenvalue weighted by Gasteiger charge is -2.08. The van der Waals surface area contributed by atoms with Crippen LogP contribution in [0.1, 0.15) is 24.3 Å². The molecule has 0 aliphatic carbocycles. The molecule has 0 amide bonds. The van der Waals surface area contributed by atoms with E-state index in [1.807, 2.05) is 23.8 Å². The van der Waals surface area contributed by atoms with Crippen molar-refractivity contribution in [1.82, 2.24) is 9.97 Å². The Kier molecular flexibility index (Phi) is 2.79. The van der Waals surface area contributed by atoms with Gasteiger partial charge in [0.2, 0.25) is 0 Å². The van der Waals surface area contributed by atoms with E-state index in [4.69, 9.17) is 0 Å². The van der Waals surface area contributed by atoms with Crippen molar-refractivity contribution in [3.63, 3.8) is 0 Å². The number of hydrogen-bond acceptors (Lipinski definition) is 4. The van der Waals surface area contributed by atoms with Crippen LogP contribution in [0.5, 0.6) is 0 Å². The van der Waals surface area contributed by atoms with Crippen LogP contribution >= 0.6 is 11.3 Å². The molecule has 15 heavy (non-hydrogen) atoms. The van der Waals surface area contributed by atoms with Crippen LogP contribution in [0.2, 0.25) is 0 Å².